The van der Waals surface area contributed by atoms with Crippen molar-refractivity contribution in [3.8, 4) is 0 Å². The molecule has 10 heteroatoms. The smallest absolute Gasteiger partial charge is 0.230 e. The molecule has 0 bridgehead atoms. The molecule has 32 heavy (non-hydrogen) atoms. The number of carbonyl (C=O) groups excluding carboxylic acids is 1. The molecule has 1 atom stereocenters. The monoisotopic (exact) mass is 460 g/mol. The molecule has 0 spiro atoms. The lowest BCUT2D eigenvalue weighted by molar-refractivity contribution is -0.119. The molecule has 174 valence electrons. The molecule has 1 amide bonds. The van der Waals surface area contributed by atoms with Gasteiger partial charge in [-0.05, 0) is 12.5 Å². The first-order valence-corrected chi connectivity index (χ1v) is 12.2. The molecule has 2 fully saturated rings. The second-order valence-corrected chi connectivity index (χ2v) is 8.88. The lowest BCUT2D eigenvalue weighted by atomic mass is 10.2. The van der Waals surface area contributed by atoms with Gasteiger partial charge in [0.05, 0.1) is 31.7 Å². The Balaban J connectivity index is 1.22. The van der Waals surface area contributed by atoms with Crippen molar-refractivity contribution in [1.82, 2.24) is 25.0 Å². The maximum Gasteiger partial charge on any atom is 0.230 e. The Kier molecular flexibility index (Phi) is 8.38. The molecular formula is C22H32N6O3S. The van der Waals surface area contributed by atoms with Crippen LogP contribution >= 0.6 is 11.8 Å². The number of amides is 1. The lowest BCUT2D eigenvalue weighted by Crippen LogP contribution is -2.47. The number of hydrogen-bond donors (Lipinski definition) is 1. The maximum atomic E-state index is 12.5. The number of ether oxygens (including phenoxy) is 2. The van der Waals surface area contributed by atoms with Crippen molar-refractivity contribution in [1.29, 1.82) is 0 Å². The zero-order valence-electron chi connectivity index (χ0n) is 18.6. The summed E-state index contributed by atoms with van der Waals surface area (Å²) >= 11 is 1.42. The van der Waals surface area contributed by atoms with Crippen LogP contribution in [0.2, 0.25) is 0 Å². The topological polar surface area (TPSA) is 84.8 Å². The van der Waals surface area contributed by atoms with Crippen molar-refractivity contribution in [3.05, 3.63) is 35.9 Å². The number of carbonyl (C=O) groups is 1. The van der Waals surface area contributed by atoms with Crippen LogP contribution in [-0.2, 0) is 27.4 Å². The predicted octanol–water partition coefficient (Wildman–Crippen LogP) is 1.24. The van der Waals surface area contributed by atoms with Crippen LogP contribution in [0.1, 0.15) is 12.5 Å². The van der Waals surface area contributed by atoms with Crippen molar-refractivity contribution in [3.63, 3.8) is 0 Å². The second kappa shape index (κ2) is 11.6. The fraction of sp³-hybridized carbons (Fsp3) is 0.591. The van der Waals surface area contributed by atoms with Crippen LogP contribution < -0.4 is 10.2 Å². The van der Waals surface area contributed by atoms with Gasteiger partial charge in [-0.3, -0.25) is 14.3 Å². The first-order chi connectivity index (χ1) is 15.7. The third-order valence-electron chi connectivity index (χ3n) is 5.64. The molecule has 0 aliphatic carbocycles. The van der Waals surface area contributed by atoms with E-state index in [1.54, 1.807) is 0 Å². The van der Waals surface area contributed by atoms with Gasteiger partial charge in [-0.2, -0.15) is 0 Å². The Hall–Kier alpha value is -2.14. The quantitative estimate of drug-likeness (QED) is 0.560. The highest BCUT2D eigenvalue weighted by molar-refractivity contribution is 7.99. The van der Waals surface area contributed by atoms with Crippen LogP contribution in [0.25, 0.3) is 0 Å². The zero-order chi connectivity index (χ0) is 22.2. The zero-order valence-corrected chi connectivity index (χ0v) is 19.4. The minimum Gasteiger partial charge on any atom is -0.378 e. The summed E-state index contributed by atoms with van der Waals surface area (Å²) in [4.78, 5) is 17.0. The van der Waals surface area contributed by atoms with Gasteiger partial charge in [-0.25, -0.2) is 0 Å². The highest BCUT2D eigenvalue weighted by Gasteiger charge is 2.22. The molecule has 1 aromatic heterocycles. The summed E-state index contributed by atoms with van der Waals surface area (Å²) in [5, 5.41) is 12.5. The summed E-state index contributed by atoms with van der Waals surface area (Å²) < 4.78 is 13.3. The highest BCUT2D eigenvalue weighted by atomic mass is 32.2. The Morgan fingerprint density at radius 2 is 1.97 bits per heavy atom. The van der Waals surface area contributed by atoms with Gasteiger partial charge in [0.2, 0.25) is 11.9 Å². The highest BCUT2D eigenvalue weighted by Crippen LogP contribution is 2.22. The van der Waals surface area contributed by atoms with Crippen LogP contribution in [-0.4, -0.2) is 90.0 Å². The number of anilines is 1. The van der Waals surface area contributed by atoms with E-state index in [9.17, 15) is 4.79 Å². The van der Waals surface area contributed by atoms with E-state index in [0.29, 0.717) is 32.1 Å². The van der Waals surface area contributed by atoms with E-state index in [1.807, 2.05) is 6.07 Å². The minimum absolute atomic E-state index is 0.00799. The van der Waals surface area contributed by atoms with Gasteiger partial charge in [-0.1, -0.05) is 42.1 Å². The number of nitrogens with zero attached hydrogens (tertiary/aromatic N) is 5. The molecule has 2 saturated heterocycles. The standard InChI is InChI=1S/C22H32N6O3S/c1-2-28-21(27-9-11-30-12-10-27)24-25-22(28)32-17-20(29)23-14-19-16-26(8-13-31-19)15-18-6-4-3-5-7-18/h3-7,19H,2,8-17H2,1H3,(H,23,29). The Labute approximate surface area is 193 Å². The van der Waals surface area contributed by atoms with Crippen LogP contribution in [0.3, 0.4) is 0 Å². The number of benzene rings is 1. The number of aromatic nitrogens is 3. The van der Waals surface area contributed by atoms with Gasteiger partial charge in [0.1, 0.15) is 0 Å². The minimum atomic E-state index is -0.0163. The van der Waals surface area contributed by atoms with E-state index in [0.717, 1.165) is 50.4 Å². The van der Waals surface area contributed by atoms with E-state index in [1.165, 1.54) is 17.3 Å². The molecule has 1 N–H and O–H groups in total. The summed E-state index contributed by atoms with van der Waals surface area (Å²) in [6.07, 6.45) is 0.00799. The molecule has 3 heterocycles. The first kappa shape index (κ1) is 23.0. The molecule has 9 nitrogen and oxygen atoms in total. The Morgan fingerprint density at radius 1 is 1.16 bits per heavy atom. The molecule has 2 aliphatic heterocycles. The van der Waals surface area contributed by atoms with Crippen LogP contribution in [0.4, 0.5) is 5.95 Å². The normalized spacial score (nSPS) is 19.8. The average Bonchev–Trinajstić information content (AvgIpc) is 3.26. The summed E-state index contributed by atoms with van der Waals surface area (Å²) in [5.41, 5.74) is 1.30. The van der Waals surface area contributed by atoms with Crippen LogP contribution in [0.5, 0.6) is 0 Å². The molecule has 0 radical (unpaired) electrons. The van der Waals surface area contributed by atoms with Gasteiger partial charge < -0.3 is 19.7 Å². The second-order valence-electron chi connectivity index (χ2n) is 7.93. The molecule has 1 unspecified atom stereocenters. The molecule has 4 rings (SSSR count). The van der Waals surface area contributed by atoms with Crippen molar-refractivity contribution < 1.29 is 14.3 Å². The van der Waals surface area contributed by atoms with E-state index >= 15 is 0 Å². The third-order valence-corrected chi connectivity index (χ3v) is 6.61. The van der Waals surface area contributed by atoms with Gasteiger partial charge >= 0.3 is 0 Å². The van der Waals surface area contributed by atoms with Gasteiger partial charge in [0.25, 0.3) is 0 Å². The maximum absolute atomic E-state index is 12.5. The van der Waals surface area contributed by atoms with Crippen molar-refractivity contribution >= 4 is 23.6 Å². The molecule has 0 saturated carbocycles. The molecular weight excluding hydrogens is 428 g/mol. The van der Waals surface area contributed by atoms with Crippen LogP contribution in [0.15, 0.2) is 35.5 Å². The van der Waals surface area contributed by atoms with Crippen LogP contribution in [0, 0.1) is 0 Å². The fourth-order valence-corrected chi connectivity index (χ4v) is 4.79. The van der Waals surface area contributed by atoms with Gasteiger partial charge in [-0.15, -0.1) is 10.2 Å². The Morgan fingerprint density at radius 3 is 2.75 bits per heavy atom. The van der Waals surface area contributed by atoms with Gasteiger partial charge in [0.15, 0.2) is 5.16 Å². The Bertz CT molecular complexity index is 859. The van der Waals surface area contributed by atoms with Crippen molar-refractivity contribution in [2.75, 3.05) is 63.2 Å². The predicted molar refractivity (Wildman–Crippen MR) is 124 cm³/mol. The van der Waals surface area contributed by atoms with Gasteiger partial charge in [0, 0.05) is 45.8 Å². The number of morpholine rings is 2. The van der Waals surface area contributed by atoms with Crippen molar-refractivity contribution in [2.24, 2.45) is 0 Å². The fourth-order valence-electron chi connectivity index (χ4n) is 3.96. The number of thioether (sulfide) groups is 1. The number of hydrogen-bond acceptors (Lipinski definition) is 8. The number of nitrogens with one attached hydrogen (secondary N) is 1. The van der Waals surface area contributed by atoms with Crippen molar-refractivity contribution in [2.45, 2.75) is 31.3 Å². The summed E-state index contributed by atoms with van der Waals surface area (Å²) in [7, 11) is 0. The molecule has 2 aromatic rings. The summed E-state index contributed by atoms with van der Waals surface area (Å²) in [6, 6.07) is 10.4. The SMILES string of the molecule is CCn1c(SCC(=O)NCC2CN(Cc3ccccc3)CCO2)nnc1N1CCOCC1. The summed E-state index contributed by atoms with van der Waals surface area (Å²) in [5.74, 6) is 1.15. The molecule has 2 aliphatic rings. The van der Waals surface area contributed by atoms with E-state index in [2.05, 4.69) is 61.1 Å². The van der Waals surface area contributed by atoms with E-state index in [4.69, 9.17) is 9.47 Å². The lowest BCUT2D eigenvalue weighted by Gasteiger charge is -2.33. The first-order valence-electron chi connectivity index (χ1n) is 11.3. The average molecular weight is 461 g/mol. The molecule has 1 aromatic carbocycles. The third kappa shape index (κ3) is 6.22. The summed E-state index contributed by atoms with van der Waals surface area (Å²) in [6.45, 7) is 9.69. The van der Waals surface area contributed by atoms with E-state index in [-0.39, 0.29) is 12.0 Å². The van der Waals surface area contributed by atoms with E-state index < -0.39 is 0 Å². The number of rotatable bonds is 9. The largest absolute Gasteiger partial charge is 0.378 e.